The van der Waals surface area contributed by atoms with E-state index in [0.717, 1.165) is 12.8 Å². The van der Waals surface area contributed by atoms with Crippen LogP contribution in [0.4, 0.5) is 4.79 Å². The molecular weight excluding hydrogens is 478 g/mol. The maximum Gasteiger partial charge on any atom is 0.316 e. The minimum atomic E-state index is -0.873. The molecule has 0 aromatic rings. The highest BCUT2D eigenvalue weighted by molar-refractivity contribution is 7.80. The Morgan fingerprint density at radius 1 is 1.03 bits per heavy atom. The third-order valence-corrected chi connectivity index (χ3v) is 7.48. The molecule has 0 bridgehead atoms. The van der Waals surface area contributed by atoms with Crippen LogP contribution < -0.4 is 16.0 Å². The van der Waals surface area contributed by atoms with E-state index in [1.807, 2.05) is 34.6 Å². The van der Waals surface area contributed by atoms with Crippen molar-refractivity contribution < 1.29 is 19.2 Å². The van der Waals surface area contributed by atoms with E-state index in [4.69, 9.17) is 0 Å². The van der Waals surface area contributed by atoms with E-state index < -0.39 is 29.6 Å². The number of urea groups is 1. The topological polar surface area (TPSA) is 111 Å². The molecule has 5 amide bonds. The summed E-state index contributed by atoms with van der Waals surface area (Å²) in [5, 5.41) is 8.41. The van der Waals surface area contributed by atoms with Crippen LogP contribution in [-0.4, -0.2) is 77.7 Å². The van der Waals surface area contributed by atoms with Crippen molar-refractivity contribution in [3.63, 3.8) is 0 Å². The molecule has 0 radical (unpaired) electrons. The Morgan fingerprint density at radius 3 is 2.11 bits per heavy atom. The smallest absolute Gasteiger partial charge is 0.316 e. The van der Waals surface area contributed by atoms with Gasteiger partial charge in [0.05, 0.1) is 5.88 Å². The van der Waals surface area contributed by atoms with Gasteiger partial charge < -0.3 is 25.8 Å². The second-order valence-corrected chi connectivity index (χ2v) is 12.5. The van der Waals surface area contributed by atoms with Gasteiger partial charge >= 0.3 is 6.03 Å². The van der Waals surface area contributed by atoms with Crippen LogP contribution in [0.2, 0.25) is 0 Å². The minimum Gasteiger partial charge on any atom is -0.346 e. The van der Waals surface area contributed by atoms with E-state index in [0.29, 0.717) is 25.4 Å². The molecule has 36 heavy (non-hydrogen) atoms. The fourth-order valence-corrected chi connectivity index (χ4v) is 5.09. The molecule has 0 unspecified atom stereocenters. The molecule has 1 saturated heterocycles. The number of thiol groups is 1. The molecular formula is C26H47N5O4S. The van der Waals surface area contributed by atoms with Gasteiger partial charge in [-0.1, -0.05) is 48.5 Å². The predicted octanol–water partition coefficient (Wildman–Crippen LogP) is 2.47. The molecule has 0 spiro atoms. The molecule has 1 aliphatic heterocycles. The molecule has 4 atom stereocenters. The van der Waals surface area contributed by atoms with E-state index in [2.05, 4.69) is 42.4 Å². The SMILES string of the molecule is CC(C)[C@H](NC(=O)N[C@H](C(=O)N1CC[C@H](C(C)C)[C@H]1C(=O)NCS)C(C)(C)C)C(=O)N(C)CC1CC1. The fourth-order valence-electron chi connectivity index (χ4n) is 4.94. The number of amides is 5. The lowest BCUT2D eigenvalue weighted by Crippen LogP contribution is -2.61. The largest absolute Gasteiger partial charge is 0.346 e. The van der Waals surface area contributed by atoms with E-state index >= 15 is 0 Å². The number of carbonyl (C=O) groups is 4. The number of likely N-dealkylation sites (N-methyl/N-ethyl adjacent to an activating group) is 1. The summed E-state index contributed by atoms with van der Waals surface area (Å²) < 4.78 is 0. The molecule has 3 N–H and O–H groups in total. The van der Waals surface area contributed by atoms with Gasteiger partial charge in [0.15, 0.2) is 0 Å². The molecule has 1 aliphatic carbocycles. The minimum absolute atomic E-state index is 0.0215. The van der Waals surface area contributed by atoms with Crippen molar-refractivity contribution in [3.8, 4) is 0 Å². The standard InChI is InChI=1S/C26H47N5O4S/c1-15(2)18-11-12-31(20(18)22(32)27-14-36)24(34)21(26(5,6)7)29-25(35)28-19(16(3)4)23(33)30(8)13-17-9-10-17/h15-21,36H,9-14H2,1-8H3,(H,27,32)(H2,28,29,35)/t18-,19+,20+,21-/m1/s1. The Kier molecular flexibility index (Phi) is 10.5. The van der Waals surface area contributed by atoms with Gasteiger partial charge in [-0.25, -0.2) is 4.79 Å². The van der Waals surface area contributed by atoms with Crippen molar-refractivity contribution in [1.29, 1.82) is 0 Å². The lowest BCUT2D eigenvalue weighted by atomic mass is 9.84. The van der Waals surface area contributed by atoms with Crippen LogP contribution in [0.25, 0.3) is 0 Å². The first-order valence-electron chi connectivity index (χ1n) is 13.2. The zero-order valence-electron chi connectivity index (χ0n) is 23.3. The zero-order valence-corrected chi connectivity index (χ0v) is 24.2. The Morgan fingerprint density at radius 2 is 1.64 bits per heavy atom. The third kappa shape index (κ3) is 7.76. The quantitative estimate of drug-likeness (QED) is 0.259. The van der Waals surface area contributed by atoms with Gasteiger partial charge in [-0.3, -0.25) is 14.4 Å². The summed E-state index contributed by atoms with van der Waals surface area (Å²) in [6.45, 7) is 14.7. The number of nitrogens with zero attached hydrogens (tertiary/aromatic N) is 2. The Balaban J connectivity index is 2.19. The van der Waals surface area contributed by atoms with Gasteiger partial charge in [-0.15, -0.1) is 0 Å². The van der Waals surface area contributed by atoms with E-state index in [-0.39, 0.29) is 41.4 Å². The van der Waals surface area contributed by atoms with Crippen molar-refractivity contribution in [2.45, 2.75) is 85.9 Å². The van der Waals surface area contributed by atoms with Gasteiger partial charge in [-0.2, -0.15) is 12.6 Å². The average Bonchev–Trinajstić information content (AvgIpc) is 3.46. The molecule has 2 aliphatic rings. The van der Waals surface area contributed by atoms with Crippen molar-refractivity contribution in [3.05, 3.63) is 0 Å². The summed E-state index contributed by atoms with van der Waals surface area (Å²) in [4.78, 5) is 56.2. The Bertz CT molecular complexity index is 809. The van der Waals surface area contributed by atoms with Crippen LogP contribution in [0.5, 0.6) is 0 Å². The average molecular weight is 526 g/mol. The van der Waals surface area contributed by atoms with Crippen LogP contribution in [0.3, 0.4) is 0 Å². The number of likely N-dealkylation sites (tertiary alicyclic amines) is 1. The van der Waals surface area contributed by atoms with Crippen LogP contribution in [0, 0.1) is 29.1 Å². The molecule has 206 valence electrons. The second kappa shape index (κ2) is 12.5. The molecule has 0 aromatic carbocycles. The van der Waals surface area contributed by atoms with Crippen LogP contribution in [-0.2, 0) is 14.4 Å². The molecule has 0 aromatic heterocycles. The number of rotatable bonds is 10. The molecule has 1 saturated carbocycles. The number of hydrogen-bond acceptors (Lipinski definition) is 5. The summed E-state index contributed by atoms with van der Waals surface area (Å²) >= 11 is 4.12. The lowest BCUT2D eigenvalue weighted by Gasteiger charge is -2.37. The Hall–Kier alpha value is -1.97. The molecule has 2 fully saturated rings. The first-order chi connectivity index (χ1) is 16.7. The fraction of sp³-hybridized carbons (Fsp3) is 0.846. The molecule has 9 nitrogen and oxygen atoms in total. The van der Waals surface area contributed by atoms with Gasteiger partial charge in [0, 0.05) is 20.1 Å². The maximum atomic E-state index is 13.8. The maximum absolute atomic E-state index is 13.8. The van der Waals surface area contributed by atoms with E-state index in [1.54, 1.807) is 16.8 Å². The predicted molar refractivity (Wildman–Crippen MR) is 144 cm³/mol. The molecule has 2 rings (SSSR count). The van der Waals surface area contributed by atoms with E-state index in [1.165, 1.54) is 0 Å². The summed E-state index contributed by atoms with van der Waals surface area (Å²) in [6.07, 6.45) is 2.98. The summed E-state index contributed by atoms with van der Waals surface area (Å²) in [7, 11) is 1.77. The van der Waals surface area contributed by atoms with Crippen molar-refractivity contribution in [2.75, 3.05) is 26.0 Å². The van der Waals surface area contributed by atoms with Crippen molar-refractivity contribution >= 4 is 36.4 Å². The zero-order chi connectivity index (χ0) is 27.4. The third-order valence-electron chi connectivity index (χ3n) is 7.32. The van der Waals surface area contributed by atoms with Gasteiger partial charge in [0.2, 0.25) is 17.7 Å². The Labute approximate surface area is 222 Å². The summed E-state index contributed by atoms with van der Waals surface area (Å²) in [5.41, 5.74) is -0.616. The van der Waals surface area contributed by atoms with Crippen LogP contribution in [0.1, 0.15) is 67.7 Å². The normalized spacial score (nSPS) is 21.8. The van der Waals surface area contributed by atoms with Crippen molar-refractivity contribution in [2.24, 2.45) is 29.1 Å². The lowest BCUT2D eigenvalue weighted by molar-refractivity contribution is -0.142. The summed E-state index contributed by atoms with van der Waals surface area (Å²) in [5.74, 6) is 0.203. The molecule has 10 heteroatoms. The van der Waals surface area contributed by atoms with Gasteiger partial charge in [0.25, 0.3) is 0 Å². The molecule has 1 heterocycles. The highest BCUT2D eigenvalue weighted by Gasteiger charge is 2.47. The highest BCUT2D eigenvalue weighted by atomic mass is 32.1. The first-order valence-corrected chi connectivity index (χ1v) is 13.8. The van der Waals surface area contributed by atoms with Crippen LogP contribution in [0.15, 0.2) is 0 Å². The number of carbonyl (C=O) groups excluding carboxylic acids is 4. The first kappa shape index (κ1) is 30.3. The van der Waals surface area contributed by atoms with Gasteiger partial charge in [0.1, 0.15) is 18.1 Å². The summed E-state index contributed by atoms with van der Waals surface area (Å²) in [6, 6.07) is -2.75. The number of hydrogen-bond donors (Lipinski definition) is 4. The van der Waals surface area contributed by atoms with Gasteiger partial charge in [-0.05, 0) is 48.3 Å². The van der Waals surface area contributed by atoms with E-state index in [9.17, 15) is 19.2 Å². The van der Waals surface area contributed by atoms with Crippen LogP contribution >= 0.6 is 12.6 Å². The van der Waals surface area contributed by atoms with Crippen molar-refractivity contribution in [1.82, 2.24) is 25.8 Å². The number of nitrogens with one attached hydrogen (secondary N) is 3. The second-order valence-electron chi connectivity index (χ2n) is 12.2. The highest BCUT2D eigenvalue weighted by Crippen LogP contribution is 2.33. The monoisotopic (exact) mass is 525 g/mol.